The second-order valence-electron chi connectivity index (χ2n) is 5.04. The van der Waals surface area contributed by atoms with E-state index in [1.54, 1.807) is 13.8 Å². The first-order valence-electron chi connectivity index (χ1n) is 6.12. The van der Waals surface area contributed by atoms with Gasteiger partial charge in [-0.1, -0.05) is 29.8 Å². The average molecular weight is 364 g/mol. The third kappa shape index (κ3) is 3.80. The smallest absolute Gasteiger partial charge is 0.336 e. The molecule has 5 nitrogen and oxygen atoms in total. The van der Waals surface area contributed by atoms with Gasteiger partial charge in [0.25, 0.3) is 0 Å². The third-order valence-electron chi connectivity index (χ3n) is 3.20. The topological polar surface area (TPSA) is 83.5 Å². The number of sulfonamides is 1. The number of carboxylic acid groups (broad SMARTS) is 1. The van der Waals surface area contributed by atoms with Crippen LogP contribution >= 0.6 is 15.9 Å². The van der Waals surface area contributed by atoms with Crippen LogP contribution < -0.4 is 4.72 Å². The molecule has 1 atom stereocenters. The van der Waals surface area contributed by atoms with Crippen molar-refractivity contribution in [1.82, 2.24) is 4.72 Å². The molecule has 0 bridgehead atoms. The Bertz CT molecular complexity index is 626. The van der Waals surface area contributed by atoms with Crippen LogP contribution in [0, 0.1) is 12.8 Å². The van der Waals surface area contributed by atoms with Crippen molar-refractivity contribution in [1.29, 1.82) is 0 Å². The maximum Gasteiger partial charge on any atom is 0.336 e. The van der Waals surface area contributed by atoms with E-state index in [1.165, 1.54) is 12.1 Å². The maximum atomic E-state index is 12.3. The Morgan fingerprint density at radius 3 is 2.30 bits per heavy atom. The molecule has 0 saturated heterocycles. The highest BCUT2D eigenvalue weighted by molar-refractivity contribution is 9.10. The van der Waals surface area contributed by atoms with Gasteiger partial charge in [-0.3, -0.25) is 0 Å². The van der Waals surface area contributed by atoms with Crippen LogP contribution in [-0.2, 0) is 10.0 Å². The third-order valence-corrected chi connectivity index (χ3v) is 5.56. The van der Waals surface area contributed by atoms with Crippen molar-refractivity contribution in [2.75, 3.05) is 0 Å². The van der Waals surface area contributed by atoms with Crippen molar-refractivity contribution in [3.8, 4) is 0 Å². The largest absolute Gasteiger partial charge is 0.478 e. The van der Waals surface area contributed by atoms with Gasteiger partial charge >= 0.3 is 5.97 Å². The van der Waals surface area contributed by atoms with E-state index in [4.69, 9.17) is 5.11 Å². The summed E-state index contributed by atoms with van der Waals surface area (Å²) >= 11 is 3.20. The highest BCUT2D eigenvalue weighted by Crippen LogP contribution is 2.25. The number of hydrogen-bond donors (Lipinski definition) is 2. The summed E-state index contributed by atoms with van der Waals surface area (Å²) in [5, 5.41) is 9.11. The minimum absolute atomic E-state index is 0.0306. The first-order chi connectivity index (χ1) is 9.06. The molecule has 0 amide bonds. The molecule has 1 aromatic rings. The van der Waals surface area contributed by atoms with Crippen molar-refractivity contribution >= 4 is 31.9 Å². The fourth-order valence-electron chi connectivity index (χ4n) is 1.48. The zero-order chi connectivity index (χ0) is 15.7. The fourth-order valence-corrected chi connectivity index (χ4v) is 3.54. The summed E-state index contributed by atoms with van der Waals surface area (Å²) in [6, 6.07) is 2.35. The second kappa shape index (κ2) is 6.24. The van der Waals surface area contributed by atoms with Crippen molar-refractivity contribution < 1.29 is 18.3 Å². The quantitative estimate of drug-likeness (QED) is 0.842. The lowest BCUT2D eigenvalue weighted by Gasteiger charge is -2.18. The molecule has 0 radical (unpaired) electrons. The summed E-state index contributed by atoms with van der Waals surface area (Å²) in [6.07, 6.45) is 0. The molecule has 0 aliphatic heterocycles. The van der Waals surface area contributed by atoms with Gasteiger partial charge < -0.3 is 5.11 Å². The van der Waals surface area contributed by atoms with E-state index >= 15 is 0 Å². The number of rotatable bonds is 5. The van der Waals surface area contributed by atoms with Gasteiger partial charge in [-0.05, 0) is 37.5 Å². The van der Waals surface area contributed by atoms with Gasteiger partial charge in [0.2, 0.25) is 10.0 Å². The van der Waals surface area contributed by atoms with Crippen LogP contribution in [0.3, 0.4) is 0 Å². The molecule has 0 saturated carbocycles. The second-order valence-corrected chi connectivity index (χ2v) is 7.61. The van der Waals surface area contributed by atoms with E-state index in [1.807, 2.05) is 13.8 Å². The summed E-state index contributed by atoms with van der Waals surface area (Å²) in [5.41, 5.74) is 0.463. The summed E-state index contributed by atoms with van der Waals surface area (Å²) < 4.78 is 27.5. The molecule has 1 rings (SSSR count). The van der Waals surface area contributed by atoms with Crippen LogP contribution in [0.2, 0.25) is 0 Å². The highest BCUT2D eigenvalue weighted by Gasteiger charge is 2.22. The summed E-state index contributed by atoms with van der Waals surface area (Å²) in [5.74, 6) is -1.02. The lowest BCUT2D eigenvalue weighted by Crippen LogP contribution is -2.36. The van der Waals surface area contributed by atoms with Crippen molar-refractivity contribution in [3.05, 3.63) is 27.7 Å². The predicted molar refractivity (Wildman–Crippen MR) is 80.5 cm³/mol. The molecule has 20 heavy (non-hydrogen) atoms. The lowest BCUT2D eigenvalue weighted by atomic mass is 10.1. The Kier molecular flexibility index (Phi) is 5.34. The maximum absolute atomic E-state index is 12.3. The lowest BCUT2D eigenvalue weighted by molar-refractivity contribution is 0.0695. The van der Waals surface area contributed by atoms with Crippen molar-refractivity contribution in [2.24, 2.45) is 5.92 Å². The molecule has 0 heterocycles. The number of aromatic carboxylic acids is 1. The van der Waals surface area contributed by atoms with Crippen LogP contribution in [0.25, 0.3) is 0 Å². The Morgan fingerprint density at radius 1 is 1.30 bits per heavy atom. The molecule has 0 fully saturated rings. The molecule has 112 valence electrons. The number of carbonyl (C=O) groups is 1. The minimum atomic E-state index is -3.74. The molecule has 0 spiro atoms. The van der Waals surface area contributed by atoms with Gasteiger partial charge in [-0.2, -0.15) is 0 Å². The molecule has 2 N–H and O–H groups in total. The highest BCUT2D eigenvalue weighted by atomic mass is 79.9. The number of nitrogens with one attached hydrogen (secondary N) is 1. The monoisotopic (exact) mass is 363 g/mol. The van der Waals surface area contributed by atoms with Crippen molar-refractivity contribution in [3.63, 3.8) is 0 Å². The summed E-state index contributed by atoms with van der Waals surface area (Å²) in [6.45, 7) is 7.19. The summed E-state index contributed by atoms with van der Waals surface area (Å²) in [7, 11) is -3.74. The van der Waals surface area contributed by atoms with E-state index in [-0.39, 0.29) is 22.4 Å². The van der Waals surface area contributed by atoms with Gasteiger partial charge in [0, 0.05) is 10.5 Å². The molecule has 0 aliphatic carbocycles. The predicted octanol–water partition coefficient (Wildman–Crippen LogP) is 2.78. The van der Waals surface area contributed by atoms with Crippen LogP contribution in [0.4, 0.5) is 0 Å². The van der Waals surface area contributed by atoms with E-state index in [2.05, 4.69) is 20.7 Å². The molecule has 0 aliphatic rings. The van der Waals surface area contributed by atoms with Gasteiger partial charge in [-0.25, -0.2) is 17.9 Å². The Hall–Kier alpha value is -0.920. The molecule has 0 aromatic heterocycles. The van der Waals surface area contributed by atoms with Gasteiger partial charge in [0.05, 0.1) is 10.5 Å². The van der Waals surface area contributed by atoms with Gasteiger partial charge in [-0.15, -0.1) is 0 Å². The average Bonchev–Trinajstić information content (AvgIpc) is 2.31. The van der Waals surface area contributed by atoms with E-state index in [0.29, 0.717) is 10.0 Å². The number of halogens is 1. The Labute approximate surface area is 127 Å². The normalized spacial score (nSPS) is 13.5. The van der Waals surface area contributed by atoms with Gasteiger partial charge in [0.15, 0.2) is 0 Å². The van der Waals surface area contributed by atoms with E-state index in [9.17, 15) is 13.2 Å². The first kappa shape index (κ1) is 17.1. The number of benzene rings is 1. The van der Waals surface area contributed by atoms with E-state index < -0.39 is 16.0 Å². The Morgan fingerprint density at radius 2 is 1.85 bits per heavy atom. The Balaban J connectivity index is 3.30. The van der Waals surface area contributed by atoms with Crippen LogP contribution in [-0.4, -0.2) is 25.5 Å². The molecular weight excluding hydrogens is 346 g/mol. The molecular formula is C13H18BrNO4S. The summed E-state index contributed by atoms with van der Waals surface area (Å²) in [4.78, 5) is 11.1. The zero-order valence-corrected chi connectivity index (χ0v) is 14.2. The molecule has 1 unspecified atom stereocenters. The molecule has 7 heteroatoms. The number of hydrogen-bond acceptors (Lipinski definition) is 3. The van der Waals surface area contributed by atoms with Crippen LogP contribution in [0.15, 0.2) is 21.5 Å². The fraction of sp³-hybridized carbons (Fsp3) is 0.462. The van der Waals surface area contributed by atoms with E-state index in [0.717, 1.165) is 0 Å². The molecule has 1 aromatic carbocycles. The zero-order valence-electron chi connectivity index (χ0n) is 11.8. The SMILES string of the molecule is Cc1c(Br)cc(S(=O)(=O)NC(C)C(C)C)cc1C(=O)O. The van der Waals surface area contributed by atoms with Gasteiger partial charge in [0.1, 0.15) is 0 Å². The van der Waals surface area contributed by atoms with Crippen molar-refractivity contribution in [2.45, 2.75) is 38.6 Å². The minimum Gasteiger partial charge on any atom is -0.478 e. The first-order valence-corrected chi connectivity index (χ1v) is 8.39. The van der Waals surface area contributed by atoms with Crippen LogP contribution in [0.1, 0.15) is 36.7 Å². The van der Waals surface area contributed by atoms with Crippen LogP contribution in [0.5, 0.6) is 0 Å². The standard InChI is InChI=1S/C13H18BrNO4S/c1-7(2)9(4)15-20(18,19)10-5-11(13(16)17)8(3)12(14)6-10/h5-7,9,15H,1-4H3,(H,16,17). The number of carboxylic acids is 1.